The van der Waals surface area contributed by atoms with E-state index in [1.54, 1.807) is 6.92 Å². The Morgan fingerprint density at radius 3 is 2.75 bits per heavy atom. The standard InChI is InChI=1S/C10H11Br2N3O/c1-5(13)9-10(14-6-3-16-4-6)7(11)2-8(12)15-9/h2,6,13-14H,3-4H2,1H3. The average Bonchev–Trinajstić information content (AvgIpc) is 2.12. The van der Waals surface area contributed by atoms with Gasteiger partial charge in [0.25, 0.3) is 0 Å². The molecule has 1 aromatic rings. The lowest BCUT2D eigenvalue weighted by atomic mass is 10.2. The molecule has 2 rings (SSSR count). The molecule has 1 saturated heterocycles. The van der Waals surface area contributed by atoms with Gasteiger partial charge in [-0.2, -0.15) is 0 Å². The molecular formula is C10H11Br2N3O. The molecule has 0 aliphatic carbocycles. The number of nitrogens with one attached hydrogen (secondary N) is 2. The van der Waals surface area contributed by atoms with Crippen molar-refractivity contribution in [3.05, 3.63) is 20.8 Å². The first-order valence-electron chi connectivity index (χ1n) is 4.84. The number of aromatic nitrogens is 1. The third kappa shape index (κ3) is 2.44. The fourth-order valence-corrected chi connectivity index (χ4v) is 2.65. The summed E-state index contributed by atoms with van der Waals surface area (Å²) < 4.78 is 6.73. The molecule has 86 valence electrons. The highest BCUT2D eigenvalue weighted by atomic mass is 79.9. The molecule has 4 nitrogen and oxygen atoms in total. The summed E-state index contributed by atoms with van der Waals surface area (Å²) in [6, 6.07) is 2.19. The van der Waals surface area contributed by atoms with Gasteiger partial charge in [0.15, 0.2) is 0 Å². The average molecular weight is 349 g/mol. The van der Waals surface area contributed by atoms with E-state index in [1.165, 1.54) is 0 Å². The van der Waals surface area contributed by atoms with Crippen molar-refractivity contribution >= 4 is 43.3 Å². The van der Waals surface area contributed by atoms with E-state index in [4.69, 9.17) is 10.1 Å². The highest BCUT2D eigenvalue weighted by molar-refractivity contribution is 9.11. The smallest absolute Gasteiger partial charge is 0.109 e. The number of pyridine rings is 1. The lowest BCUT2D eigenvalue weighted by Crippen LogP contribution is -2.40. The van der Waals surface area contributed by atoms with E-state index in [1.807, 2.05) is 6.07 Å². The lowest BCUT2D eigenvalue weighted by molar-refractivity contribution is 0.0210. The molecule has 0 amide bonds. The summed E-state index contributed by atoms with van der Waals surface area (Å²) in [5.41, 5.74) is 1.96. The van der Waals surface area contributed by atoms with Gasteiger partial charge >= 0.3 is 0 Å². The van der Waals surface area contributed by atoms with Crippen LogP contribution in [-0.4, -0.2) is 30.0 Å². The normalized spacial score (nSPS) is 15.7. The second-order valence-electron chi connectivity index (χ2n) is 3.65. The van der Waals surface area contributed by atoms with Crippen LogP contribution >= 0.6 is 31.9 Å². The number of nitrogens with zero attached hydrogens (tertiary/aromatic N) is 1. The van der Waals surface area contributed by atoms with Crippen LogP contribution in [0.15, 0.2) is 15.1 Å². The van der Waals surface area contributed by atoms with Gasteiger partial charge in [-0.05, 0) is 44.8 Å². The summed E-state index contributed by atoms with van der Waals surface area (Å²) in [5, 5.41) is 11.0. The summed E-state index contributed by atoms with van der Waals surface area (Å²) in [6.07, 6.45) is 0. The Balaban J connectivity index is 2.35. The van der Waals surface area contributed by atoms with Gasteiger partial charge in [-0.15, -0.1) is 0 Å². The zero-order chi connectivity index (χ0) is 11.7. The van der Waals surface area contributed by atoms with Crippen molar-refractivity contribution in [2.45, 2.75) is 13.0 Å². The van der Waals surface area contributed by atoms with Gasteiger partial charge in [-0.25, -0.2) is 4.98 Å². The molecule has 6 heteroatoms. The molecule has 0 unspecified atom stereocenters. The fraction of sp³-hybridized carbons (Fsp3) is 0.400. The van der Waals surface area contributed by atoms with E-state index in [0.717, 1.165) is 14.8 Å². The first kappa shape index (κ1) is 12.0. The topological polar surface area (TPSA) is 58.0 Å². The largest absolute Gasteiger partial charge is 0.377 e. The van der Waals surface area contributed by atoms with Crippen molar-refractivity contribution in [1.29, 1.82) is 5.41 Å². The molecule has 1 aromatic heterocycles. The SMILES string of the molecule is CC(=N)c1nc(Br)cc(Br)c1NC1COC1. The Bertz CT molecular complexity index is 432. The Morgan fingerprint density at radius 2 is 2.25 bits per heavy atom. The van der Waals surface area contributed by atoms with Crippen LogP contribution in [0, 0.1) is 5.41 Å². The number of hydrogen-bond donors (Lipinski definition) is 2. The summed E-state index contributed by atoms with van der Waals surface area (Å²) in [5.74, 6) is 0. The first-order chi connectivity index (χ1) is 7.58. The summed E-state index contributed by atoms with van der Waals surface area (Å²) in [6.45, 7) is 3.14. The van der Waals surface area contributed by atoms with E-state index >= 15 is 0 Å². The molecule has 0 saturated carbocycles. The summed E-state index contributed by atoms with van der Waals surface area (Å²) in [4.78, 5) is 4.30. The summed E-state index contributed by atoms with van der Waals surface area (Å²) >= 11 is 6.80. The minimum absolute atomic E-state index is 0.317. The predicted octanol–water partition coefficient (Wildman–Crippen LogP) is 2.81. The minimum Gasteiger partial charge on any atom is -0.377 e. The Hall–Kier alpha value is -0.460. The molecule has 2 N–H and O–H groups in total. The molecule has 0 bridgehead atoms. The zero-order valence-electron chi connectivity index (χ0n) is 8.68. The molecule has 1 fully saturated rings. The van der Waals surface area contributed by atoms with E-state index in [0.29, 0.717) is 30.7 Å². The minimum atomic E-state index is 0.317. The van der Waals surface area contributed by atoms with Gasteiger partial charge in [-0.3, -0.25) is 0 Å². The van der Waals surface area contributed by atoms with Crippen LogP contribution < -0.4 is 5.32 Å². The van der Waals surface area contributed by atoms with E-state index in [-0.39, 0.29) is 0 Å². The van der Waals surface area contributed by atoms with Crippen LogP contribution in [0.25, 0.3) is 0 Å². The molecule has 2 heterocycles. The van der Waals surface area contributed by atoms with Gasteiger partial charge in [0, 0.05) is 4.47 Å². The zero-order valence-corrected chi connectivity index (χ0v) is 11.9. The third-order valence-corrected chi connectivity index (χ3v) is 3.31. The van der Waals surface area contributed by atoms with Gasteiger partial charge in [0.05, 0.1) is 30.7 Å². The second-order valence-corrected chi connectivity index (χ2v) is 5.32. The molecule has 0 atom stereocenters. The number of halogens is 2. The maximum absolute atomic E-state index is 7.71. The second kappa shape index (κ2) is 4.81. The molecule has 16 heavy (non-hydrogen) atoms. The van der Waals surface area contributed by atoms with Crippen LogP contribution in [0.5, 0.6) is 0 Å². The first-order valence-corrected chi connectivity index (χ1v) is 6.42. The molecular weight excluding hydrogens is 338 g/mol. The maximum atomic E-state index is 7.71. The van der Waals surface area contributed by atoms with Crippen molar-refractivity contribution in [3.8, 4) is 0 Å². The lowest BCUT2D eigenvalue weighted by Gasteiger charge is -2.29. The number of anilines is 1. The van der Waals surface area contributed by atoms with Crippen LogP contribution in [0.4, 0.5) is 5.69 Å². The van der Waals surface area contributed by atoms with E-state index in [2.05, 4.69) is 42.2 Å². The van der Waals surface area contributed by atoms with Gasteiger partial charge in [-0.1, -0.05) is 0 Å². The van der Waals surface area contributed by atoms with Crippen LogP contribution in [0.1, 0.15) is 12.6 Å². The van der Waals surface area contributed by atoms with Gasteiger partial charge < -0.3 is 15.5 Å². The van der Waals surface area contributed by atoms with E-state index < -0.39 is 0 Å². The van der Waals surface area contributed by atoms with Crippen LogP contribution in [0.2, 0.25) is 0 Å². The van der Waals surface area contributed by atoms with Crippen molar-refractivity contribution in [3.63, 3.8) is 0 Å². The van der Waals surface area contributed by atoms with Crippen LogP contribution in [0.3, 0.4) is 0 Å². The molecule has 0 aromatic carbocycles. The van der Waals surface area contributed by atoms with Crippen molar-refractivity contribution in [2.75, 3.05) is 18.5 Å². The Kier molecular flexibility index (Phi) is 3.61. The van der Waals surface area contributed by atoms with Gasteiger partial charge in [0.2, 0.25) is 0 Å². The van der Waals surface area contributed by atoms with Gasteiger partial charge in [0.1, 0.15) is 10.3 Å². The highest BCUT2D eigenvalue weighted by Gasteiger charge is 2.21. The molecule has 0 spiro atoms. The predicted molar refractivity (Wildman–Crippen MR) is 70.4 cm³/mol. The number of ether oxygens (including phenoxy) is 1. The Labute approximate surface area is 111 Å². The fourth-order valence-electron chi connectivity index (χ4n) is 1.42. The van der Waals surface area contributed by atoms with Crippen molar-refractivity contribution in [2.24, 2.45) is 0 Å². The quantitative estimate of drug-likeness (QED) is 0.652. The third-order valence-electron chi connectivity index (χ3n) is 2.28. The summed E-state index contributed by atoms with van der Waals surface area (Å²) in [7, 11) is 0. The monoisotopic (exact) mass is 347 g/mol. The molecule has 1 aliphatic rings. The molecule has 1 aliphatic heterocycles. The maximum Gasteiger partial charge on any atom is 0.109 e. The Morgan fingerprint density at radius 1 is 1.56 bits per heavy atom. The molecule has 0 radical (unpaired) electrons. The van der Waals surface area contributed by atoms with Crippen LogP contribution in [-0.2, 0) is 4.74 Å². The van der Waals surface area contributed by atoms with Crippen molar-refractivity contribution in [1.82, 2.24) is 4.98 Å². The van der Waals surface area contributed by atoms with Crippen molar-refractivity contribution < 1.29 is 4.74 Å². The number of rotatable bonds is 3. The van der Waals surface area contributed by atoms with E-state index in [9.17, 15) is 0 Å². The number of hydrogen-bond acceptors (Lipinski definition) is 4. The highest BCUT2D eigenvalue weighted by Crippen LogP contribution is 2.30.